The van der Waals surface area contributed by atoms with Crippen LogP contribution < -0.4 is 16.5 Å². The Hall–Kier alpha value is -6.66. The molecule has 0 radical (unpaired) electrons. The Bertz CT molecular complexity index is 2980. The van der Waals surface area contributed by atoms with Crippen LogP contribution in [0.3, 0.4) is 0 Å². The maximum absolute atomic E-state index is 7.12. The van der Waals surface area contributed by atoms with Gasteiger partial charge in [0.2, 0.25) is 11.9 Å². The summed E-state index contributed by atoms with van der Waals surface area (Å²) in [5.74, 6) is 1.16. The van der Waals surface area contributed by atoms with Crippen molar-refractivity contribution in [2.45, 2.75) is 49.9 Å². The first-order chi connectivity index (χ1) is 27.6. The van der Waals surface area contributed by atoms with E-state index in [1.165, 1.54) is 87.6 Å². The standard InChI is InChI=1S/C50H40N6/c51-49(52-41-25-33-17-1-9-29-13-5-21-37(41)45(29)33)55-56(44-28-36-20-4-12-32-16-8-24-40(44)48(32)36)50(53-42-26-34-18-2-10-30-14-6-22-38(42)46(30)34)54-43-27-35-19-3-11-31-15-7-23-39(43)47(31)35/h1-24,41-44H,25-28H2,(H,53,54)(H3,51,52,55). The maximum Gasteiger partial charge on any atom is 0.214 e. The van der Waals surface area contributed by atoms with E-state index in [1.807, 2.05) is 0 Å². The number of guanidine groups is 2. The van der Waals surface area contributed by atoms with E-state index in [4.69, 9.17) is 15.7 Å². The third kappa shape index (κ3) is 4.81. The van der Waals surface area contributed by atoms with E-state index >= 15 is 0 Å². The van der Waals surface area contributed by atoms with Crippen molar-refractivity contribution in [3.8, 4) is 0 Å². The van der Waals surface area contributed by atoms with E-state index in [1.54, 1.807) is 0 Å². The van der Waals surface area contributed by atoms with Gasteiger partial charge in [-0.3, -0.25) is 5.43 Å². The highest BCUT2D eigenvalue weighted by Gasteiger charge is 2.36. The second-order valence-corrected chi connectivity index (χ2v) is 16.0. The van der Waals surface area contributed by atoms with E-state index < -0.39 is 0 Å². The van der Waals surface area contributed by atoms with Crippen molar-refractivity contribution in [3.05, 3.63) is 190 Å². The van der Waals surface area contributed by atoms with E-state index in [-0.39, 0.29) is 24.2 Å². The molecule has 4 aliphatic rings. The van der Waals surface area contributed by atoms with Crippen LogP contribution in [0.2, 0.25) is 0 Å². The molecule has 4 unspecified atom stereocenters. The van der Waals surface area contributed by atoms with E-state index in [0.29, 0.717) is 5.96 Å². The van der Waals surface area contributed by atoms with Gasteiger partial charge in [-0.2, -0.15) is 0 Å². The molecule has 0 saturated carbocycles. The number of nitrogens with one attached hydrogen (secondary N) is 2. The summed E-state index contributed by atoms with van der Waals surface area (Å²) in [5.41, 5.74) is 21.3. The molecule has 6 heteroatoms. The van der Waals surface area contributed by atoms with Gasteiger partial charge in [0.05, 0.1) is 24.2 Å². The lowest BCUT2D eigenvalue weighted by molar-refractivity contribution is 0.266. The number of nitrogens with zero attached hydrogens (tertiary/aromatic N) is 3. The molecule has 0 spiro atoms. The zero-order valence-corrected chi connectivity index (χ0v) is 30.9. The minimum atomic E-state index is -0.0838. The van der Waals surface area contributed by atoms with Crippen LogP contribution in [0.15, 0.2) is 156 Å². The molecule has 8 aromatic rings. The zero-order chi connectivity index (χ0) is 36.9. The molecule has 0 aromatic heterocycles. The van der Waals surface area contributed by atoms with Crippen molar-refractivity contribution in [3.63, 3.8) is 0 Å². The monoisotopic (exact) mass is 724 g/mol. The van der Waals surface area contributed by atoms with Gasteiger partial charge in [0, 0.05) is 0 Å². The Morgan fingerprint density at radius 3 is 1.43 bits per heavy atom. The molecule has 0 aliphatic heterocycles. The van der Waals surface area contributed by atoms with Gasteiger partial charge in [0.25, 0.3) is 0 Å². The minimum Gasteiger partial charge on any atom is -0.369 e. The first kappa shape index (κ1) is 31.7. The fraction of sp³-hybridized carbons (Fsp3) is 0.160. The van der Waals surface area contributed by atoms with Gasteiger partial charge < -0.3 is 11.1 Å². The van der Waals surface area contributed by atoms with Crippen molar-refractivity contribution in [1.29, 1.82) is 0 Å². The summed E-state index contributed by atoms with van der Waals surface area (Å²) in [6.45, 7) is 0. The molecule has 0 amide bonds. The highest BCUT2D eigenvalue weighted by atomic mass is 15.6. The molecule has 4 aliphatic carbocycles. The Morgan fingerprint density at radius 2 is 0.875 bits per heavy atom. The topological polar surface area (TPSA) is 78.0 Å². The van der Waals surface area contributed by atoms with Crippen LogP contribution in [-0.2, 0) is 25.7 Å². The number of rotatable bonds is 4. The van der Waals surface area contributed by atoms with Crippen LogP contribution in [0.4, 0.5) is 0 Å². The van der Waals surface area contributed by atoms with Crippen molar-refractivity contribution < 1.29 is 0 Å². The van der Waals surface area contributed by atoms with Gasteiger partial charge in [-0.1, -0.05) is 146 Å². The van der Waals surface area contributed by atoms with E-state index in [0.717, 1.165) is 31.6 Å². The normalized spacial score (nSPS) is 20.5. The van der Waals surface area contributed by atoms with Crippen molar-refractivity contribution >= 4 is 55.0 Å². The quantitative estimate of drug-likeness (QED) is 0.0960. The van der Waals surface area contributed by atoms with Crippen molar-refractivity contribution in [1.82, 2.24) is 15.8 Å². The van der Waals surface area contributed by atoms with E-state index in [9.17, 15) is 0 Å². The van der Waals surface area contributed by atoms with Gasteiger partial charge in [-0.05, 0) is 113 Å². The molecule has 56 heavy (non-hydrogen) atoms. The zero-order valence-electron chi connectivity index (χ0n) is 30.9. The first-order valence-electron chi connectivity index (χ1n) is 19.9. The van der Waals surface area contributed by atoms with Gasteiger partial charge >= 0.3 is 0 Å². The third-order valence-corrected chi connectivity index (χ3v) is 12.9. The number of aliphatic imine (C=N–C) groups is 2. The summed E-state index contributed by atoms with van der Waals surface area (Å²) in [4.78, 5) is 11.0. The minimum absolute atomic E-state index is 0.0263. The Kier molecular flexibility index (Phi) is 6.88. The largest absolute Gasteiger partial charge is 0.369 e. The summed E-state index contributed by atoms with van der Waals surface area (Å²) in [6, 6.07) is 52.9. The molecular weight excluding hydrogens is 685 g/mol. The molecular formula is C50H40N6. The lowest BCUT2D eigenvalue weighted by atomic mass is 10.0. The first-order valence-corrected chi connectivity index (χ1v) is 19.9. The van der Waals surface area contributed by atoms with Gasteiger partial charge in [-0.15, -0.1) is 0 Å². The molecule has 6 nitrogen and oxygen atoms in total. The third-order valence-electron chi connectivity index (χ3n) is 12.9. The summed E-state index contributed by atoms with van der Waals surface area (Å²) in [5, 5.41) is 16.6. The van der Waals surface area contributed by atoms with Crippen molar-refractivity contribution in [2.24, 2.45) is 15.7 Å². The number of nitrogens with two attached hydrogens (primary N) is 1. The number of hydrogen-bond donors (Lipinski definition) is 3. The average molecular weight is 725 g/mol. The predicted octanol–water partition coefficient (Wildman–Crippen LogP) is 9.86. The second-order valence-electron chi connectivity index (χ2n) is 16.0. The maximum atomic E-state index is 7.12. The molecule has 270 valence electrons. The molecule has 4 atom stereocenters. The lowest BCUT2D eigenvalue weighted by Gasteiger charge is -2.35. The smallest absolute Gasteiger partial charge is 0.214 e. The SMILES string of the molecule is NC(=NC1Cc2cccc3cccc1c23)NN(C(=NC1Cc2cccc3cccc1c23)NC1Cc2cccc3cccc1c23)C1Cc2cccc3cccc1c23. The summed E-state index contributed by atoms with van der Waals surface area (Å²) in [6.07, 6.45) is 3.34. The number of hydrazine groups is 1. The molecule has 0 saturated heterocycles. The van der Waals surface area contributed by atoms with Crippen LogP contribution in [0.25, 0.3) is 43.1 Å². The summed E-state index contributed by atoms with van der Waals surface area (Å²) in [7, 11) is 0. The van der Waals surface area contributed by atoms with Crippen LogP contribution in [0.5, 0.6) is 0 Å². The lowest BCUT2D eigenvalue weighted by Crippen LogP contribution is -2.56. The summed E-state index contributed by atoms with van der Waals surface area (Å²) >= 11 is 0. The van der Waals surface area contributed by atoms with Gasteiger partial charge in [0.1, 0.15) is 0 Å². The van der Waals surface area contributed by atoms with Crippen LogP contribution >= 0.6 is 0 Å². The average Bonchev–Trinajstić information content (AvgIpc) is 3.99. The Morgan fingerprint density at radius 1 is 0.464 bits per heavy atom. The van der Waals surface area contributed by atoms with Crippen LogP contribution in [0.1, 0.15) is 68.7 Å². The summed E-state index contributed by atoms with van der Waals surface area (Å²) < 4.78 is 0. The number of benzene rings is 8. The van der Waals surface area contributed by atoms with Crippen molar-refractivity contribution in [2.75, 3.05) is 0 Å². The van der Waals surface area contributed by atoms with E-state index in [2.05, 4.69) is 161 Å². The fourth-order valence-electron chi connectivity index (χ4n) is 10.5. The second kappa shape index (κ2) is 12.2. The molecule has 8 aromatic carbocycles. The molecule has 0 heterocycles. The van der Waals surface area contributed by atoms with Crippen LogP contribution in [-0.4, -0.2) is 16.9 Å². The van der Waals surface area contributed by atoms with Gasteiger partial charge in [0.15, 0.2) is 0 Å². The molecule has 0 fully saturated rings. The molecule has 0 bridgehead atoms. The molecule has 12 rings (SSSR count). The Balaban J connectivity index is 1.01. The fourth-order valence-corrected chi connectivity index (χ4v) is 10.5. The number of hydrogen-bond acceptors (Lipinski definition) is 2. The predicted molar refractivity (Wildman–Crippen MR) is 229 cm³/mol. The Labute approximate surface area is 325 Å². The highest BCUT2D eigenvalue weighted by molar-refractivity contribution is 5.97. The van der Waals surface area contributed by atoms with Crippen LogP contribution in [0, 0.1) is 0 Å². The van der Waals surface area contributed by atoms with Gasteiger partial charge in [-0.25, -0.2) is 15.0 Å². The molecule has 4 N–H and O–H groups in total. The highest BCUT2D eigenvalue weighted by Crippen LogP contribution is 2.44.